The largest absolute Gasteiger partial charge is 0.294 e. The van der Waals surface area contributed by atoms with Crippen LogP contribution in [0, 0.1) is 34.5 Å². The first-order chi connectivity index (χ1) is 11.7. The zero-order valence-corrected chi connectivity index (χ0v) is 13.7. The number of hydrogen-bond donors (Lipinski definition) is 0. The molecule has 0 aliphatic heterocycles. The van der Waals surface area contributed by atoms with Gasteiger partial charge in [-0.05, 0) is 30.0 Å². The zero-order chi connectivity index (χ0) is 17.1. The van der Waals surface area contributed by atoms with Gasteiger partial charge in [-0.1, -0.05) is 54.1 Å². The number of carbonyl (C=O) groups excluding carboxylic acids is 1. The lowest BCUT2D eigenvalue weighted by atomic mass is 9.69. The van der Waals surface area contributed by atoms with Crippen molar-refractivity contribution >= 4 is 17.4 Å². The molecule has 3 nitrogen and oxygen atoms in total. The van der Waals surface area contributed by atoms with E-state index in [1.54, 1.807) is 12.1 Å². The lowest BCUT2D eigenvalue weighted by molar-refractivity contribution is 0.0872. The smallest absolute Gasteiger partial charge is 0.166 e. The third-order valence-corrected chi connectivity index (χ3v) is 5.02. The van der Waals surface area contributed by atoms with Crippen molar-refractivity contribution in [3.63, 3.8) is 0 Å². The van der Waals surface area contributed by atoms with Crippen molar-refractivity contribution in [2.24, 2.45) is 11.8 Å². The highest BCUT2D eigenvalue weighted by Gasteiger charge is 2.39. The average Bonchev–Trinajstić information content (AvgIpc) is 2.62. The number of aryl methyl sites for hydroxylation is 1. The van der Waals surface area contributed by atoms with E-state index in [1.165, 1.54) is 0 Å². The van der Waals surface area contributed by atoms with E-state index < -0.39 is 17.8 Å². The molecular formula is C20H15ClN2O. The minimum Gasteiger partial charge on any atom is -0.294 e. The number of carbonyl (C=O) groups is 1. The first kappa shape index (κ1) is 16.2. The van der Waals surface area contributed by atoms with E-state index in [2.05, 4.69) is 0 Å². The summed E-state index contributed by atoms with van der Waals surface area (Å²) in [7, 11) is 0. The molecule has 1 aliphatic rings. The molecule has 0 saturated heterocycles. The lowest BCUT2D eigenvalue weighted by Crippen LogP contribution is -2.31. The van der Waals surface area contributed by atoms with Crippen LogP contribution in [0.5, 0.6) is 0 Å². The minimum atomic E-state index is -0.913. The molecule has 0 spiro atoms. The van der Waals surface area contributed by atoms with Gasteiger partial charge in [0.1, 0.15) is 5.92 Å². The molecule has 0 saturated carbocycles. The maximum atomic E-state index is 13.0. The molecule has 0 radical (unpaired) electrons. The molecule has 0 bridgehead atoms. The maximum absolute atomic E-state index is 13.0. The van der Waals surface area contributed by atoms with Crippen molar-refractivity contribution < 1.29 is 4.79 Å². The molecule has 0 N–H and O–H groups in total. The molecule has 3 rings (SSSR count). The van der Waals surface area contributed by atoms with Crippen LogP contribution in [0.3, 0.4) is 0 Å². The van der Waals surface area contributed by atoms with Crippen molar-refractivity contribution in [1.29, 1.82) is 10.5 Å². The summed E-state index contributed by atoms with van der Waals surface area (Å²) in [6.07, 6.45) is 1.38. The fraction of sp³-hybridized carbons (Fsp3) is 0.250. The van der Waals surface area contributed by atoms with E-state index in [0.717, 1.165) is 12.0 Å². The summed E-state index contributed by atoms with van der Waals surface area (Å²) in [4.78, 5) is 13.0. The molecule has 0 fully saturated rings. The van der Waals surface area contributed by atoms with E-state index >= 15 is 0 Å². The topological polar surface area (TPSA) is 64.7 Å². The molecule has 118 valence electrons. The zero-order valence-electron chi connectivity index (χ0n) is 12.9. The molecule has 2 aromatic rings. The Labute approximate surface area is 146 Å². The van der Waals surface area contributed by atoms with Gasteiger partial charge in [0.2, 0.25) is 0 Å². The Morgan fingerprint density at radius 1 is 1.04 bits per heavy atom. The second kappa shape index (κ2) is 6.87. The molecule has 0 amide bonds. The number of nitriles is 2. The minimum absolute atomic E-state index is 0.00253. The Balaban J connectivity index is 2.08. The molecule has 4 heteroatoms. The molecule has 2 atom stereocenters. The predicted octanol–water partition coefficient (Wildman–Crippen LogP) is 4.53. The van der Waals surface area contributed by atoms with Gasteiger partial charge in [0.15, 0.2) is 5.78 Å². The molecule has 2 aromatic carbocycles. The Hall–Kier alpha value is -2.62. The number of halogens is 1. The second-order valence-electron chi connectivity index (χ2n) is 5.95. The summed E-state index contributed by atoms with van der Waals surface area (Å²) in [5.74, 6) is -1.85. The van der Waals surface area contributed by atoms with E-state index in [9.17, 15) is 15.3 Å². The maximum Gasteiger partial charge on any atom is 0.166 e. The molecule has 0 aromatic heterocycles. The first-order valence-corrected chi connectivity index (χ1v) is 8.21. The van der Waals surface area contributed by atoms with Crippen LogP contribution in [0.15, 0.2) is 48.5 Å². The Bertz CT molecular complexity index is 848. The van der Waals surface area contributed by atoms with Crippen LogP contribution in [0.1, 0.15) is 33.8 Å². The van der Waals surface area contributed by atoms with Gasteiger partial charge in [-0.15, -0.1) is 0 Å². The fourth-order valence-electron chi connectivity index (χ4n) is 3.53. The van der Waals surface area contributed by atoms with Crippen LogP contribution in [0.2, 0.25) is 5.02 Å². The predicted molar refractivity (Wildman–Crippen MR) is 91.5 cm³/mol. The van der Waals surface area contributed by atoms with Gasteiger partial charge in [-0.25, -0.2) is 0 Å². The number of hydrogen-bond acceptors (Lipinski definition) is 3. The van der Waals surface area contributed by atoms with Crippen molar-refractivity contribution in [3.8, 4) is 12.1 Å². The Morgan fingerprint density at radius 3 is 2.42 bits per heavy atom. The van der Waals surface area contributed by atoms with Crippen molar-refractivity contribution in [2.45, 2.75) is 18.8 Å². The van der Waals surface area contributed by atoms with Crippen LogP contribution in [0.4, 0.5) is 0 Å². The summed E-state index contributed by atoms with van der Waals surface area (Å²) < 4.78 is 0. The summed E-state index contributed by atoms with van der Waals surface area (Å²) in [6, 6.07) is 18.8. The van der Waals surface area contributed by atoms with Gasteiger partial charge in [0, 0.05) is 22.4 Å². The van der Waals surface area contributed by atoms with E-state index in [0.29, 0.717) is 22.6 Å². The molecule has 24 heavy (non-hydrogen) atoms. The lowest BCUT2D eigenvalue weighted by Gasteiger charge is -2.31. The van der Waals surface area contributed by atoms with E-state index in [1.807, 2.05) is 48.5 Å². The van der Waals surface area contributed by atoms with Gasteiger partial charge in [0.05, 0.1) is 12.1 Å². The van der Waals surface area contributed by atoms with Crippen molar-refractivity contribution in [2.75, 3.05) is 0 Å². The number of nitrogens with zero attached hydrogens (tertiary/aromatic N) is 2. The summed E-state index contributed by atoms with van der Waals surface area (Å²) in [5, 5.41) is 19.4. The SMILES string of the molecule is N#CC(C#N)[C@H](c1ccccc1Cl)[C@@H]1CCc2ccccc2C1=O. The number of benzene rings is 2. The highest BCUT2D eigenvalue weighted by Crippen LogP contribution is 2.42. The van der Waals surface area contributed by atoms with E-state index in [-0.39, 0.29) is 5.78 Å². The Kier molecular flexibility index (Phi) is 4.65. The summed E-state index contributed by atoms with van der Waals surface area (Å²) in [6.45, 7) is 0. The molecule has 0 heterocycles. The quantitative estimate of drug-likeness (QED) is 0.828. The fourth-order valence-corrected chi connectivity index (χ4v) is 3.79. The third-order valence-electron chi connectivity index (χ3n) is 4.68. The van der Waals surface area contributed by atoms with Gasteiger partial charge in [0.25, 0.3) is 0 Å². The highest BCUT2D eigenvalue weighted by molar-refractivity contribution is 6.31. The van der Waals surface area contributed by atoms with Crippen LogP contribution >= 0.6 is 11.6 Å². The Morgan fingerprint density at radius 2 is 1.71 bits per heavy atom. The van der Waals surface area contributed by atoms with Crippen LogP contribution < -0.4 is 0 Å². The molecular weight excluding hydrogens is 320 g/mol. The summed E-state index contributed by atoms with van der Waals surface area (Å²) >= 11 is 6.31. The van der Waals surface area contributed by atoms with Crippen LogP contribution in [0.25, 0.3) is 0 Å². The first-order valence-electron chi connectivity index (χ1n) is 7.83. The van der Waals surface area contributed by atoms with E-state index in [4.69, 9.17) is 11.6 Å². The average molecular weight is 335 g/mol. The monoisotopic (exact) mass is 334 g/mol. The van der Waals surface area contributed by atoms with Crippen molar-refractivity contribution in [3.05, 3.63) is 70.2 Å². The number of rotatable bonds is 3. The highest BCUT2D eigenvalue weighted by atomic mass is 35.5. The van der Waals surface area contributed by atoms with Gasteiger partial charge in [-0.2, -0.15) is 10.5 Å². The number of fused-ring (bicyclic) bond motifs is 1. The molecule has 1 aliphatic carbocycles. The van der Waals surface area contributed by atoms with Crippen LogP contribution in [-0.2, 0) is 6.42 Å². The third kappa shape index (κ3) is 2.80. The van der Waals surface area contributed by atoms with Crippen LogP contribution in [-0.4, -0.2) is 5.78 Å². The van der Waals surface area contributed by atoms with Gasteiger partial charge in [-0.3, -0.25) is 4.79 Å². The standard InChI is InChI=1S/C20H15ClN2O/c21-18-8-4-3-7-16(18)19(14(11-22)12-23)17-10-9-13-5-1-2-6-15(13)20(17)24/h1-8,14,17,19H,9-10H2/t17-,19+/m0/s1. The van der Waals surface area contributed by atoms with Crippen molar-refractivity contribution in [1.82, 2.24) is 0 Å². The van der Waals surface area contributed by atoms with Gasteiger partial charge < -0.3 is 0 Å². The summed E-state index contributed by atoms with van der Waals surface area (Å²) in [5.41, 5.74) is 2.42. The normalized spacial score (nSPS) is 17.7. The number of Topliss-reactive ketones (excluding diaryl/α,β-unsaturated/α-hetero) is 1. The van der Waals surface area contributed by atoms with Gasteiger partial charge >= 0.3 is 0 Å². The number of ketones is 1. The molecule has 0 unspecified atom stereocenters. The second-order valence-corrected chi connectivity index (χ2v) is 6.36.